The Morgan fingerprint density at radius 2 is 2.19 bits per heavy atom. The van der Waals surface area contributed by atoms with E-state index in [9.17, 15) is 20.0 Å². The number of nitrogens with zero attached hydrogens (tertiary/aromatic N) is 3. The molecule has 1 fully saturated rings. The molecule has 0 amide bonds. The number of aromatic nitrogens is 2. The van der Waals surface area contributed by atoms with Gasteiger partial charge in [0.2, 0.25) is 0 Å². The number of hydrogen-bond donors (Lipinski definition) is 1. The fourth-order valence-corrected chi connectivity index (χ4v) is 2.15. The van der Waals surface area contributed by atoms with Crippen molar-refractivity contribution in [3.05, 3.63) is 22.4 Å². The zero-order chi connectivity index (χ0) is 11.8. The number of carboxylic acid groups (broad SMARTS) is 1. The quantitative estimate of drug-likeness (QED) is 0.614. The van der Waals surface area contributed by atoms with E-state index in [1.807, 2.05) is 0 Å². The lowest BCUT2D eigenvalue weighted by molar-refractivity contribution is -0.389. The highest BCUT2D eigenvalue weighted by Crippen LogP contribution is 2.36. The van der Waals surface area contributed by atoms with Gasteiger partial charge in [0, 0.05) is 0 Å². The Labute approximate surface area is 90.8 Å². The van der Waals surface area contributed by atoms with Crippen molar-refractivity contribution in [2.75, 3.05) is 0 Å². The van der Waals surface area contributed by atoms with Crippen molar-refractivity contribution in [2.24, 2.45) is 0 Å². The zero-order valence-electron chi connectivity index (χ0n) is 8.50. The summed E-state index contributed by atoms with van der Waals surface area (Å²) >= 11 is 0. The first kappa shape index (κ1) is 10.6. The predicted octanol–water partition coefficient (Wildman–Crippen LogP) is 1.15. The average Bonchev–Trinajstić information content (AvgIpc) is 2.87. The van der Waals surface area contributed by atoms with Gasteiger partial charge in [0.05, 0.1) is 17.4 Å². The van der Waals surface area contributed by atoms with Crippen molar-refractivity contribution < 1.29 is 14.8 Å². The predicted molar refractivity (Wildman–Crippen MR) is 53.0 cm³/mol. The smallest absolute Gasteiger partial charge is 0.389 e. The maximum atomic E-state index is 11.3. The highest BCUT2D eigenvalue weighted by atomic mass is 16.6. The second kappa shape index (κ2) is 3.58. The summed E-state index contributed by atoms with van der Waals surface area (Å²) in [5, 5.41) is 23.4. The molecule has 86 valence electrons. The first-order valence-corrected chi connectivity index (χ1v) is 5.00. The molecule has 1 saturated carbocycles. The molecular weight excluding hydrogens is 214 g/mol. The van der Waals surface area contributed by atoms with E-state index >= 15 is 0 Å². The number of carboxylic acids is 1. The van der Waals surface area contributed by atoms with Crippen LogP contribution >= 0.6 is 0 Å². The lowest BCUT2D eigenvalue weighted by Gasteiger charge is -2.20. The molecule has 0 bridgehead atoms. The van der Waals surface area contributed by atoms with Gasteiger partial charge in [-0.2, -0.15) is 4.68 Å². The molecule has 1 aliphatic carbocycles. The van der Waals surface area contributed by atoms with Gasteiger partial charge in [-0.15, -0.1) is 0 Å². The molecular formula is C9H11N3O4. The minimum atomic E-state index is -1.09. The molecule has 1 N–H and O–H groups in total. The van der Waals surface area contributed by atoms with Gasteiger partial charge in [0.1, 0.15) is 0 Å². The summed E-state index contributed by atoms with van der Waals surface area (Å²) in [4.78, 5) is 21.1. The Hall–Kier alpha value is -1.92. The third kappa shape index (κ3) is 1.44. The van der Waals surface area contributed by atoms with Crippen LogP contribution in [-0.4, -0.2) is 25.8 Å². The van der Waals surface area contributed by atoms with Crippen molar-refractivity contribution in [1.82, 2.24) is 9.78 Å². The van der Waals surface area contributed by atoms with Gasteiger partial charge >= 0.3 is 11.8 Å². The second-order valence-corrected chi connectivity index (χ2v) is 3.92. The van der Waals surface area contributed by atoms with Gasteiger partial charge in [0.25, 0.3) is 0 Å². The van der Waals surface area contributed by atoms with E-state index in [-0.39, 0.29) is 5.82 Å². The molecule has 0 unspecified atom stereocenters. The first-order valence-electron chi connectivity index (χ1n) is 5.00. The number of carbonyl (C=O) groups is 1. The summed E-state index contributed by atoms with van der Waals surface area (Å²) in [7, 11) is 0. The lowest BCUT2D eigenvalue weighted by atomic mass is 9.98. The third-order valence-electron chi connectivity index (χ3n) is 3.03. The highest BCUT2D eigenvalue weighted by molar-refractivity contribution is 5.77. The molecule has 1 aromatic heterocycles. The van der Waals surface area contributed by atoms with Crippen LogP contribution in [-0.2, 0) is 10.3 Å². The Balaban J connectivity index is 2.40. The van der Waals surface area contributed by atoms with Crippen molar-refractivity contribution in [3.8, 4) is 0 Å². The molecule has 0 saturated heterocycles. The van der Waals surface area contributed by atoms with Gasteiger partial charge in [-0.1, -0.05) is 12.8 Å². The van der Waals surface area contributed by atoms with Crippen molar-refractivity contribution in [3.63, 3.8) is 0 Å². The van der Waals surface area contributed by atoms with E-state index < -0.39 is 16.4 Å². The third-order valence-corrected chi connectivity index (χ3v) is 3.03. The van der Waals surface area contributed by atoms with Gasteiger partial charge in [0.15, 0.2) is 5.54 Å². The van der Waals surface area contributed by atoms with Crippen LogP contribution in [0.3, 0.4) is 0 Å². The largest absolute Gasteiger partial charge is 0.479 e. The molecule has 0 atom stereocenters. The lowest BCUT2D eigenvalue weighted by Crippen LogP contribution is -2.39. The van der Waals surface area contributed by atoms with Gasteiger partial charge in [-0.25, -0.2) is 4.79 Å². The van der Waals surface area contributed by atoms with Gasteiger partial charge < -0.3 is 15.2 Å². The summed E-state index contributed by atoms with van der Waals surface area (Å²) in [6.45, 7) is 0. The fourth-order valence-electron chi connectivity index (χ4n) is 2.15. The Morgan fingerprint density at radius 1 is 1.56 bits per heavy atom. The summed E-state index contributed by atoms with van der Waals surface area (Å²) in [5.41, 5.74) is -1.09. The molecule has 0 aliphatic heterocycles. The molecule has 7 nitrogen and oxygen atoms in total. The van der Waals surface area contributed by atoms with Crippen molar-refractivity contribution in [1.29, 1.82) is 0 Å². The zero-order valence-corrected chi connectivity index (χ0v) is 8.50. The topological polar surface area (TPSA) is 98.3 Å². The minimum absolute atomic E-state index is 0.312. The van der Waals surface area contributed by atoms with E-state index in [1.165, 1.54) is 16.9 Å². The summed E-state index contributed by atoms with van der Waals surface area (Å²) in [6.07, 6.45) is 3.93. The van der Waals surface area contributed by atoms with Crippen LogP contribution in [0.4, 0.5) is 5.82 Å². The molecule has 7 heteroatoms. The molecule has 0 spiro atoms. The second-order valence-electron chi connectivity index (χ2n) is 3.92. The summed E-state index contributed by atoms with van der Waals surface area (Å²) in [6, 6.07) is 1.23. The fraction of sp³-hybridized carbons (Fsp3) is 0.556. The SMILES string of the molecule is O=C(O)C1(n2ccc([N+](=O)[O-])n2)CCCC1. The van der Waals surface area contributed by atoms with Crippen molar-refractivity contribution in [2.45, 2.75) is 31.2 Å². The first-order chi connectivity index (χ1) is 7.56. The van der Waals surface area contributed by atoms with E-state index in [2.05, 4.69) is 5.10 Å². The van der Waals surface area contributed by atoms with Crippen LogP contribution in [0.2, 0.25) is 0 Å². The standard InChI is InChI=1S/C9H11N3O4/c13-8(14)9(4-1-2-5-9)11-6-3-7(10-11)12(15)16/h3,6H,1-2,4-5H2,(H,13,14). The Bertz CT molecular complexity index is 434. The van der Waals surface area contributed by atoms with Crippen LogP contribution in [0.5, 0.6) is 0 Å². The number of hydrogen-bond acceptors (Lipinski definition) is 4. The summed E-state index contributed by atoms with van der Waals surface area (Å²) in [5.74, 6) is -1.28. The molecule has 1 aliphatic rings. The monoisotopic (exact) mass is 225 g/mol. The van der Waals surface area contributed by atoms with Gasteiger partial charge in [-0.3, -0.25) is 0 Å². The Kier molecular flexibility index (Phi) is 2.37. The van der Waals surface area contributed by atoms with Crippen LogP contribution in [0.15, 0.2) is 12.3 Å². The molecule has 16 heavy (non-hydrogen) atoms. The maximum absolute atomic E-state index is 11.3. The van der Waals surface area contributed by atoms with Crippen LogP contribution in [0, 0.1) is 10.1 Å². The van der Waals surface area contributed by atoms with E-state index in [4.69, 9.17) is 0 Å². The maximum Gasteiger partial charge on any atom is 0.389 e. The molecule has 1 heterocycles. The van der Waals surface area contributed by atoms with Crippen LogP contribution in [0.25, 0.3) is 0 Å². The van der Waals surface area contributed by atoms with Gasteiger partial charge in [-0.05, 0) is 17.8 Å². The molecule has 2 rings (SSSR count). The number of nitro groups is 1. The van der Waals surface area contributed by atoms with Crippen LogP contribution < -0.4 is 0 Å². The van der Waals surface area contributed by atoms with Crippen molar-refractivity contribution >= 4 is 11.8 Å². The van der Waals surface area contributed by atoms with E-state index in [0.29, 0.717) is 12.8 Å². The number of rotatable bonds is 3. The minimum Gasteiger partial charge on any atom is -0.479 e. The Morgan fingerprint density at radius 3 is 2.62 bits per heavy atom. The van der Waals surface area contributed by atoms with E-state index in [0.717, 1.165) is 12.8 Å². The van der Waals surface area contributed by atoms with E-state index in [1.54, 1.807) is 0 Å². The highest BCUT2D eigenvalue weighted by Gasteiger charge is 2.46. The normalized spacial score (nSPS) is 18.5. The summed E-state index contributed by atoms with van der Waals surface area (Å²) < 4.78 is 1.22. The average molecular weight is 225 g/mol. The number of aliphatic carboxylic acids is 1. The molecule has 1 aromatic rings. The van der Waals surface area contributed by atoms with Crippen LogP contribution in [0.1, 0.15) is 25.7 Å². The molecule has 0 aromatic carbocycles. The molecule has 0 radical (unpaired) electrons.